The van der Waals surface area contributed by atoms with E-state index < -0.39 is 0 Å². The second-order valence-electron chi connectivity index (χ2n) is 9.12. The molecule has 2 fully saturated rings. The van der Waals surface area contributed by atoms with E-state index in [0.717, 1.165) is 44.5 Å². The number of carbonyl (C=O) groups excluding carboxylic acids is 2. The average Bonchev–Trinajstić information content (AvgIpc) is 3.13. The Morgan fingerprint density at radius 3 is 2.70 bits per heavy atom. The van der Waals surface area contributed by atoms with E-state index in [2.05, 4.69) is 25.3 Å². The van der Waals surface area contributed by atoms with Crippen molar-refractivity contribution >= 4 is 11.8 Å². The van der Waals surface area contributed by atoms with Crippen LogP contribution in [0.1, 0.15) is 56.8 Å². The van der Waals surface area contributed by atoms with Gasteiger partial charge in [-0.15, -0.1) is 0 Å². The van der Waals surface area contributed by atoms with Crippen molar-refractivity contribution in [2.24, 2.45) is 5.41 Å². The van der Waals surface area contributed by atoms with Gasteiger partial charge in [0.15, 0.2) is 0 Å². The number of piperidine rings is 2. The Hall–Kier alpha value is -1.82. The maximum atomic E-state index is 13.1. The van der Waals surface area contributed by atoms with Gasteiger partial charge in [-0.2, -0.15) is 0 Å². The molecule has 27 heavy (non-hydrogen) atoms. The lowest BCUT2D eigenvalue weighted by atomic mass is 9.73. The first-order chi connectivity index (χ1) is 12.7. The molecule has 0 saturated carbocycles. The number of amides is 2. The number of methoxy groups -OCH3 is 1. The van der Waals surface area contributed by atoms with Crippen molar-refractivity contribution in [2.75, 3.05) is 39.9 Å². The smallest absolute Gasteiger partial charge is 0.255 e. The fourth-order valence-electron chi connectivity index (χ4n) is 4.34. The second-order valence-corrected chi connectivity index (χ2v) is 9.12. The van der Waals surface area contributed by atoms with Gasteiger partial charge in [0.25, 0.3) is 5.91 Å². The lowest BCUT2D eigenvalue weighted by Gasteiger charge is -2.48. The van der Waals surface area contributed by atoms with Crippen molar-refractivity contribution in [3.63, 3.8) is 0 Å². The van der Waals surface area contributed by atoms with E-state index in [1.165, 1.54) is 0 Å². The summed E-state index contributed by atoms with van der Waals surface area (Å²) in [7, 11) is 1.66. The van der Waals surface area contributed by atoms with Crippen molar-refractivity contribution in [3.8, 4) is 0 Å². The quantitative estimate of drug-likeness (QED) is 0.813. The highest BCUT2D eigenvalue weighted by atomic mass is 16.5. The standard InChI is InChI=1S/C21H33N3O3/c1-20(2,3)24-11-7-17(14-24)19(26)23-10-5-8-21(16-23)9-6-18(25)22(15-21)12-13-27-4/h7,11,14H,5-6,8-10,12-13,15-16H2,1-4H3/t21-/m0/s1. The van der Waals surface area contributed by atoms with Crippen molar-refractivity contribution in [1.29, 1.82) is 0 Å². The summed E-state index contributed by atoms with van der Waals surface area (Å²) in [5, 5.41) is 0. The topological polar surface area (TPSA) is 54.8 Å². The molecule has 0 unspecified atom stereocenters. The van der Waals surface area contributed by atoms with Crippen molar-refractivity contribution < 1.29 is 14.3 Å². The van der Waals surface area contributed by atoms with E-state index in [0.29, 0.717) is 19.6 Å². The molecule has 150 valence electrons. The molecule has 1 aromatic heterocycles. The molecule has 0 aliphatic carbocycles. The number of rotatable bonds is 4. The minimum atomic E-state index is -0.0345. The normalized spacial score (nSPS) is 23.9. The Morgan fingerprint density at radius 2 is 2.04 bits per heavy atom. The molecule has 2 aliphatic rings. The predicted molar refractivity (Wildman–Crippen MR) is 105 cm³/mol. The Balaban J connectivity index is 1.70. The number of ether oxygens (including phenoxy) is 1. The fourth-order valence-corrected chi connectivity index (χ4v) is 4.34. The number of nitrogens with zero attached hydrogens (tertiary/aromatic N) is 3. The van der Waals surface area contributed by atoms with Crippen LogP contribution < -0.4 is 0 Å². The lowest BCUT2D eigenvalue weighted by Crippen LogP contribution is -2.55. The van der Waals surface area contributed by atoms with Gasteiger partial charge in [-0.05, 0) is 46.1 Å². The number of carbonyl (C=O) groups is 2. The van der Waals surface area contributed by atoms with Gasteiger partial charge in [-0.3, -0.25) is 9.59 Å². The van der Waals surface area contributed by atoms with Crippen LogP contribution in [0.25, 0.3) is 0 Å². The molecular weight excluding hydrogens is 342 g/mol. The summed E-state index contributed by atoms with van der Waals surface area (Å²) in [6, 6.07) is 1.92. The molecule has 0 radical (unpaired) electrons. The third kappa shape index (κ3) is 4.37. The highest BCUT2D eigenvalue weighted by molar-refractivity contribution is 5.94. The average molecular weight is 376 g/mol. The third-order valence-corrected chi connectivity index (χ3v) is 5.98. The minimum absolute atomic E-state index is 0.0299. The molecule has 6 nitrogen and oxygen atoms in total. The van der Waals surface area contributed by atoms with Crippen molar-refractivity contribution in [2.45, 2.75) is 52.0 Å². The fraction of sp³-hybridized carbons (Fsp3) is 0.714. The second kappa shape index (κ2) is 7.66. The van der Waals surface area contributed by atoms with E-state index in [1.54, 1.807) is 7.11 Å². The molecule has 6 heteroatoms. The lowest BCUT2D eigenvalue weighted by molar-refractivity contribution is -0.139. The predicted octanol–water partition coefficient (Wildman–Crippen LogP) is 2.73. The van der Waals surface area contributed by atoms with Crippen LogP contribution in [-0.4, -0.2) is 66.1 Å². The Kier molecular flexibility index (Phi) is 5.65. The molecule has 2 saturated heterocycles. The Morgan fingerprint density at radius 1 is 1.26 bits per heavy atom. The van der Waals surface area contributed by atoms with Gasteiger partial charge in [-0.25, -0.2) is 0 Å². The molecule has 1 spiro atoms. The molecule has 1 aromatic rings. The van der Waals surface area contributed by atoms with Crippen LogP contribution in [0.3, 0.4) is 0 Å². The zero-order valence-electron chi connectivity index (χ0n) is 17.2. The zero-order valence-corrected chi connectivity index (χ0v) is 17.2. The van der Waals surface area contributed by atoms with Gasteiger partial charge in [0.2, 0.25) is 5.91 Å². The summed E-state index contributed by atoms with van der Waals surface area (Å²) < 4.78 is 7.24. The van der Waals surface area contributed by atoms with E-state index in [1.807, 2.05) is 28.3 Å². The van der Waals surface area contributed by atoms with Crippen LogP contribution in [0, 0.1) is 5.41 Å². The SMILES string of the molecule is COCCN1C[C@]2(CCCN(C(=O)c3ccn(C(C)(C)C)c3)C2)CCC1=O. The molecular formula is C21H33N3O3. The van der Waals surface area contributed by atoms with E-state index >= 15 is 0 Å². The van der Waals surface area contributed by atoms with E-state index in [9.17, 15) is 9.59 Å². The van der Waals surface area contributed by atoms with E-state index in [4.69, 9.17) is 4.74 Å². The summed E-state index contributed by atoms with van der Waals surface area (Å²) >= 11 is 0. The van der Waals surface area contributed by atoms with E-state index in [-0.39, 0.29) is 22.8 Å². The number of hydrogen-bond donors (Lipinski definition) is 0. The van der Waals surface area contributed by atoms with Gasteiger partial charge in [0.05, 0.1) is 12.2 Å². The molecule has 0 bridgehead atoms. The first-order valence-electron chi connectivity index (χ1n) is 9.99. The van der Waals surface area contributed by atoms with Crippen LogP contribution >= 0.6 is 0 Å². The third-order valence-electron chi connectivity index (χ3n) is 5.98. The molecule has 2 amide bonds. The van der Waals surface area contributed by atoms with Crippen molar-refractivity contribution in [3.05, 3.63) is 24.0 Å². The maximum Gasteiger partial charge on any atom is 0.255 e. The Labute approximate surface area is 162 Å². The summed E-state index contributed by atoms with van der Waals surface area (Å²) in [5.74, 6) is 0.320. The number of likely N-dealkylation sites (tertiary alicyclic amines) is 2. The summed E-state index contributed by atoms with van der Waals surface area (Å²) in [6.45, 7) is 9.86. The molecule has 1 atom stereocenters. The highest BCUT2D eigenvalue weighted by Crippen LogP contribution is 2.39. The van der Waals surface area contributed by atoms with Gasteiger partial charge >= 0.3 is 0 Å². The van der Waals surface area contributed by atoms with Crippen LogP contribution in [0.2, 0.25) is 0 Å². The molecule has 3 heterocycles. The van der Waals surface area contributed by atoms with Crippen LogP contribution in [0.15, 0.2) is 18.5 Å². The van der Waals surface area contributed by atoms with Gasteiger partial charge in [0, 0.05) is 63.1 Å². The zero-order chi connectivity index (χ0) is 19.7. The molecule has 0 aromatic carbocycles. The van der Waals surface area contributed by atoms with Gasteiger partial charge < -0.3 is 19.1 Å². The summed E-state index contributed by atoms with van der Waals surface area (Å²) in [6.07, 6.45) is 7.47. The maximum absolute atomic E-state index is 13.1. The summed E-state index contributed by atoms with van der Waals surface area (Å²) in [4.78, 5) is 29.3. The van der Waals surface area contributed by atoms with Gasteiger partial charge in [0.1, 0.15) is 0 Å². The number of hydrogen-bond acceptors (Lipinski definition) is 3. The van der Waals surface area contributed by atoms with Crippen LogP contribution in [0.5, 0.6) is 0 Å². The highest BCUT2D eigenvalue weighted by Gasteiger charge is 2.42. The van der Waals surface area contributed by atoms with Gasteiger partial charge in [-0.1, -0.05) is 0 Å². The molecule has 0 N–H and O–H groups in total. The largest absolute Gasteiger partial charge is 0.383 e. The molecule has 3 rings (SSSR count). The van der Waals surface area contributed by atoms with Crippen LogP contribution in [-0.2, 0) is 15.1 Å². The summed E-state index contributed by atoms with van der Waals surface area (Å²) in [5.41, 5.74) is 0.750. The number of aromatic nitrogens is 1. The monoisotopic (exact) mass is 375 g/mol. The minimum Gasteiger partial charge on any atom is -0.383 e. The van der Waals surface area contributed by atoms with Crippen molar-refractivity contribution in [1.82, 2.24) is 14.4 Å². The van der Waals surface area contributed by atoms with Crippen LogP contribution in [0.4, 0.5) is 0 Å². The Bertz CT molecular complexity index is 691. The first kappa shape index (κ1) is 19.9. The molecule has 2 aliphatic heterocycles. The first-order valence-corrected chi connectivity index (χ1v) is 9.99.